The third-order valence-electron chi connectivity index (χ3n) is 6.48. The summed E-state index contributed by atoms with van der Waals surface area (Å²) >= 11 is 0. The lowest BCUT2D eigenvalue weighted by atomic mass is 9.75. The van der Waals surface area contributed by atoms with Crippen molar-refractivity contribution in [1.82, 2.24) is 4.90 Å². The van der Waals surface area contributed by atoms with E-state index in [4.69, 9.17) is 9.47 Å². The Labute approximate surface area is 164 Å². The molecule has 2 aliphatic rings. The molecule has 1 heterocycles. The van der Waals surface area contributed by atoms with Crippen LogP contribution >= 0.6 is 0 Å². The molecule has 0 bridgehead atoms. The van der Waals surface area contributed by atoms with Crippen molar-refractivity contribution < 1.29 is 14.6 Å². The minimum absolute atomic E-state index is 0.269. The number of nitrogens with zero attached hydrogens (tertiary/aromatic N) is 1. The first-order valence-electron chi connectivity index (χ1n) is 10.4. The number of hydrogen-bond donors (Lipinski definition) is 1. The van der Waals surface area contributed by atoms with Gasteiger partial charge in [0.15, 0.2) is 0 Å². The van der Waals surface area contributed by atoms with Crippen molar-refractivity contribution in [3.05, 3.63) is 28.8 Å². The lowest BCUT2D eigenvalue weighted by Gasteiger charge is -2.41. The molecule has 2 fully saturated rings. The summed E-state index contributed by atoms with van der Waals surface area (Å²) in [6, 6.07) is 4.77. The van der Waals surface area contributed by atoms with Gasteiger partial charge in [0.1, 0.15) is 18.0 Å². The second kappa shape index (κ2) is 8.10. The van der Waals surface area contributed by atoms with Gasteiger partial charge in [-0.25, -0.2) is 0 Å². The molecule has 1 aromatic rings. The van der Waals surface area contributed by atoms with Crippen LogP contribution in [0.3, 0.4) is 0 Å². The van der Waals surface area contributed by atoms with Crippen molar-refractivity contribution in [3.8, 4) is 5.75 Å². The van der Waals surface area contributed by atoms with Crippen LogP contribution in [0.4, 0.5) is 0 Å². The SMILES string of the molecule is Cc1cc(C)c(C)c(OCC2(O)COCCN(C3CCC(C)(C)CC3)C2)c1. The fourth-order valence-corrected chi connectivity index (χ4v) is 4.46. The number of hydrogen-bond acceptors (Lipinski definition) is 4. The largest absolute Gasteiger partial charge is 0.490 e. The quantitative estimate of drug-likeness (QED) is 0.863. The van der Waals surface area contributed by atoms with E-state index in [2.05, 4.69) is 51.7 Å². The van der Waals surface area contributed by atoms with Crippen LogP contribution in [0.2, 0.25) is 0 Å². The van der Waals surface area contributed by atoms with E-state index >= 15 is 0 Å². The van der Waals surface area contributed by atoms with Crippen molar-refractivity contribution in [2.24, 2.45) is 5.41 Å². The van der Waals surface area contributed by atoms with Gasteiger partial charge in [-0.3, -0.25) is 4.90 Å². The van der Waals surface area contributed by atoms with Crippen molar-refractivity contribution >= 4 is 0 Å². The van der Waals surface area contributed by atoms with Gasteiger partial charge in [0, 0.05) is 19.1 Å². The molecule has 0 aromatic heterocycles. The fourth-order valence-electron chi connectivity index (χ4n) is 4.46. The molecule has 1 aliphatic heterocycles. The Kier molecular flexibility index (Phi) is 6.19. The Morgan fingerprint density at radius 3 is 2.59 bits per heavy atom. The predicted molar refractivity (Wildman–Crippen MR) is 110 cm³/mol. The third-order valence-corrected chi connectivity index (χ3v) is 6.48. The van der Waals surface area contributed by atoms with Crippen molar-refractivity contribution in [3.63, 3.8) is 0 Å². The number of aliphatic hydroxyl groups is 1. The number of aryl methyl sites for hydroxylation is 2. The van der Waals surface area contributed by atoms with E-state index in [9.17, 15) is 5.11 Å². The Balaban J connectivity index is 1.65. The minimum atomic E-state index is -0.965. The molecule has 4 nitrogen and oxygen atoms in total. The topological polar surface area (TPSA) is 41.9 Å². The van der Waals surface area contributed by atoms with E-state index in [1.807, 2.05) is 0 Å². The van der Waals surface area contributed by atoms with E-state index in [0.717, 1.165) is 17.9 Å². The number of ether oxygens (including phenoxy) is 2. The summed E-state index contributed by atoms with van der Waals surface area (Å²) in [5.74, 6) is 0.871. The molecule has 1 aromatic carbocycles. The Morgan fingerprint density at radius 1 is 1.19 bits per heavy atom. The van der Waals surface area contributed by atoms with Gasteiger partial charge in [0.05, 0.1) is 13.2 Å². The van der Waals surface area contributed by atoms with Crippen molar-refractivity contribution in [1.29, 1.82) is 0 Å². The van der Waals surface area contributed by atoms with Gasteiger partial charge < -0.3 is 14.6 Å². The molecule has 4 heteroatoms. The zero-order valence-electron chi connectivity index (χ0n) is 17.8. The molecule has 0 spiro atoms. The van der Waals surface area contributed by atoms with E-state index < -0.39 is 5.60 Å². The molecule has 1 atom stereocenters. The summed E-state index contributed by atoms with van der Waals surface area (Å²) in [6.07, 6.45) is 4.93. The van der Waals surface area contributed by atoms with Crippen LogP contribution in [-0.4, -0.2) is 54.6 Å². The molecule has 1 saturated carbocycles. The highest BCUT2D eigenvalue weighted by Gasteiger charge is 2.38. The second-order valence-corrected chi connectivity index (χ2v) is 9.64. The average molecular weight is 376 g/mol. The minimum Gasteiger partial charge on any atom is -0.490 e. The van der Waals surface area contributed by atoms with Crippen LogP contribution in [0.15, 0.2) is 12.1 Å². The zero-order valence-corrected chi connectivity index (χ0v) is 17.8. The fraction of sp³-hybridized carbons (Fsp3) is 0.739. The third kappa shape index (κ3) is 5.24. The first-order valence-corrected chi connectivity index (χ1v) is 10.4. The van der Waals surface area contributed by atoms with Crippen LogP contribution in [0, 0.1) is 26.2 Å². The average Bonchev–Trinajstić information content (AvgIpc) is 2.79. The first kappa shape index (κ1) is 20.6. The molecule has 1 aliphatic carbocycles. The van der Waals surface area contributed by atoms with Gasteiger partial charge in [-0.05, 0) is 74.6 Å². The molecule has 3 rings (SSSR count). The number of rotatable bonds is 4. The Hall–Kier alpha value is -1.10. The van der Waals surface area contributed by atoms with Gasteiger partial charge in [0.2, 0.25) is 0 Å². The maximum Gasteiger partial charge on any atom is 0.134 e. The van der Waals surface area contributed by atoms with E-state index in [-0.39, 0.29) is 6.61 Å². The lowest BCUT2D eigenvalue weighted by Crippen LogP contribution is -2.52. The molecular formula is C23H37NO3. The summed E-state index contributed by atoms with van der Waals surface area (Å²) in [4.78, 5) is 2.44. The zero-order chi connectivity index (χ0) is 19.7. The molecule has 0 amide bonds. The molecule has 1 unspecified atom stereocenters. The van der Waals surface area contributed by atoms with E-state index in [1.165, 1.54) is 36.8 Å². The van der Waals surface area contributed by atoms with Crippen LogP contribution in [-0.2, 0) is 4.74 Å². The maximum absolute atomic E-state index is 11.3. The monoisotopic (exact) mass is 375 g/mol. The van der Waals surface area contributed by atoms with Gasteiger partial charge in [0.25, 0.3) is 0 Å². The van der Waals surface area contributed by atoms with E-state index in [0.29, 0.717) is 31.2 Å². The predicted octanol–water partition coefficient (Wildman–Crippen LogP) is 4.02. The van der Waals surface area contributed by atoms with Crippen LogP contribution in [0.5, 0.6) is 5.75 Å². The highest BCUT2D eigenvalue weighted by atomic mass is 16.5. The van der Waals surface area contributed by atoms with Gasteiger partial charge in [-0.2, -0.15) is 0 Å². The van der Waals surface area contributed by atoms with Crippen molar-refractivity contribution in [2.75, 3.05) is 32.9 Å². The van der Waals surface area contributed by atoms with Gasteiger partial charge in [-0.1, -0.05) is 19.9 Å². The lowest BCUT2D eigenvalue weighted by molar-refractivity contribution is -0.0692. The summed E-state index contributed by atoms with van der Waals surface area (Å²) in [6.45, 7) is 13.8. The first-order chi connectivity index (χ1) is 12.7. The molecule has 1 N–H and O–H groups in total. The van der Waals surface area contributed by atoms with Crippen LogP contribution < -0.4 is 4.74 Å². The standard InChI is InChI=1S/C23H37NO3/c1-17-12-18(2)19(3)21(13-17)27-16-23(25)14-24(10-11-26-15-23)20-6-8-22(4,5)9-7-20/h12-13,20,25H,6-11,14-16H2,1-5H3. The van der Waals surface area contributed by atoms with Crippen molar-refractivity contribution in [2.45, 2.75) is 71.9 Å². The number of benzene rings is 1. The smallest absolute Gasteiger partial charge is 0.134 e. The molecular weight excluding hydrogens is 338 g/mol. The van der Waals surface area contributed by atoms with Crippen LogP contribution in [0.25, 0.3) is 0 Å². The Bertz CT molecular complexity index is 647. The maximum atomic E-state index is 11.3. The highest BCUT2D eigenvalue weighted by molar-refractivity contribution is 5.42. The summed E-state index contributed by atoms with van der Waals surface area (Å²) in [5, 5.41) is 11.3. The Morgan fingerprint density at radius 2 is 1.89 bits per heavy atom. The molecule has 152 valence electrons. The summed E-state index contributed by atoms with van der Waals surface area (Å²) in [5.41, 5.74) is 3.04. The normalized spacial score (nSPS) is 27.3. The number of β-amino-alcohol motifs (C(OH)–C–C–N with tert-alkyl or cyclic N) is 1. The van der Waals surface area contributed by atoms with Gasteiger partial charge in [-0.15, -0.1) is 0 Å². The second-order valence-electron chi connectivity index (χ2n) is 9.64. The summed E-state index contributed by atoms with van der Waals surface area (Å²) in [7, 11) is 0. The van der Waals surface area contributed by atoms with Gasteiger partial charge >= 0.3 is 0 Å². The highest BCUT2D eigenvalue weighted by Crippen LogP contribution is 2.37. The van der Waals surface area contributed by atoms with E-state index in [1.54, 1.807) is 0 Å². The molecule has 0 radical (unpaired) electrons. The molecule has 27 heavy (non-hydrogen) atoms. The van der Waals surface area contributed by atoms with Crippen LogP contribution in [0.1, 0.15) is 56.2 Å². The molecule has 1 saturated heterocycles. The summed E-state index contributed by atoms with van der Waals surface area (Å²) < 4.78 is 11.9.